The van der Waals surface area contributed by atoms with Crippen LogP contribution in [-0.4, -0.2) is 59.2 Å². The van der Waals surface area contributed by atoms with E-state index in [0.717, 1.165) is 24.2 Å². The number of piperazine rings is 1. The summed E-state index contributed by atoms with van der Waals surface area (Å²) in [6, 6.07) is 7.30. The van der Waals surface area contributed by atoms with E-state index >= 15 is 0 Å². The summed E-state index contributed by atoms with van der Waals surface area (Å²) in [5, 5.41) is 10.8. The first-order valence-electron chi connectivity index (χ1n) is 11.4. The topological polar surface area (TPSA) is 106 Å². The predicted molar refractivity (Wildman–Crippen MR) is 124 cm³/mol. The highest BCUT2D eigenvalue weighted by Gasteiger charge is 2.32. The largest absolute Gasteiger partial charge is 0.345 e. The van der Waals surface area contributed by atoms with Gasteiger partial charge in [-0.1, -0.05) is 19.3 Å². The van der Waals surface area contributed by atoms with Crippen LogP contribution >= 0.6 is 0 Å². The zero-order chi connectivity index (χ0) is 23.8. The number of nitro groups is 1. The number of carbonyl (C=O) groups is 1. The molecule has 2 aromatic rings. The van der Waals surface area contributed by atoms with Crippen molar-refractivity contribution < 1.29 is 18.1 Å². The van der Waals surface area contributed by atoms with Gasteiger partial charge in [0.1, 0.15) is 0 Å². The average molecular weight is 475 g/mol. The summed E-state index contributed by atoms with van der Waals surface area (Å²) in [5.41, 5.74) is 2.63. The molecule has 10 heteroatoms. The Bertz CT molecular complexity index is 1140. The lowest BCUT2D eigenvalue weighted by atomic mass is 9.95. The van der Waals surface area contributed by atoms with Crippen molar-refractivity contribution in [2.75, 3.05) is 26.2 Å². The van der Waals surface area contributed by atoms with Crippen LogP contribution in [-0.2, 0) is 10.0 Å². The Morgan fingerprint density at radius 2 is 1.61 bits per heavy atom. The molecule has 2 aliphatic rings. The molecule has 33 heavy (non-hydrogen) atoms. The Balaban J connectivity index is 1.44. The number of nitro benzene ring substituents is 1. The van der Waals surface area contributed by atoms with Gasteiger partial charge >= 0.3 is 0 Å². The molecule has 0 bridgehead atoms. The number of amides is 1. The summed E-state index contributed by atoms with van der Waals surface area (Å²) in [6.07, 6.45) is 5.99. The van der Waals surface area contributed by atoms with Crippen LogP contribution in [0.2, 0.25) is 0 Å². The maximum Gasteiger partial charge on any atom is 0.269 e. The van der Waals surface area contributed by atoms with Crippen LogP contribution in [0.3, 0.4) is 0 Å². The molecule has 0 unspecified atom stereocenters. The van der Waals surface area contributed by atoms with Crippen LogP contribution in [0.5, 0.6) is 0 Å². The molecule has 0 atom stereocenters. The molecule has 0 spiro atoms. The molecule has 178 valence electrons. The monoisotopic (exact) mass is 474 g/mol. The third-order valence-electron chi connectivity index (χ3n) is 6.87. The summed E-state index contributed by atoms with van der Waals surface area (Å²) in [7, 11) is -3.77. The van der Waals surface area contributed by atoms with E-state index in [1.807, 2.05) is 19.9 Å². The first-order chi connectivity index (χ1) is 15.7. The van der Waals surface area contributed by atoms with E-state index in [2.05, 4.69) is 4.57 Å². The number of aromatic nitrogens is 1. The van der Waals surface area contributed by atoms with Crippen LogP contribution in [0.4, 0.5) is 5.69 Å². The zero-order valence-corrected chi connectivity index (χ0v) is 19.9. The number of nitrogens with zero attached hydrogens (tertiary/aromatic N) is 4. The third kappa shape index (κ3) is 4.54. The number of non-ortho nitro benzene ring substituents is 1. The maximum atomic E-state index is 13.3. The van der Waals surface area contributed by atoms with E-state index in [9.17, 15) is 23.3 Å². The Labute approximate surface area is 194 Å². The first-order valence-corrected chi connectivity index (χ1v) is 12.9. The van der Waals surface area contributed by atoms with Crippen molar-refractivity contribution in [2.24, 2.45) is 0 Å². The molecular weight excluding hydrogens is 444 g/mol. The van der Waals surface area contributed by atoms with Gasteiger partial charge in [0.2, 0.25) is 10.0 Å². The highest BCUT2D eigenvalue weighted by atomic mass is 32.2. The molecule has 1 aromatic heterocycles. The van der Waals surface area contributed by atoms with Gasteiger partial charge in [0, 0.05) is 55.7 Å². The van der Waals surface area contributed by atoms with Crippen LogP contribution in [0.15, 0.2) is 35.2 Å². The quantitative estimate of drug-likeness (QED) is 0.486. The van der Waals surface area contributed by atoms with Gasteiger partial charge in [0.25, 0.3) is 11.6 Å². The average Bonchev–Trinajstić information content (AvgIpc) is 3.13. The number of aryl methyl sites for hydroxylation is 1. The summed E-state index contributed by atoms with van der Waals surface area (Å²) in [5.74, 6) is -0.0578. The van der Waals surface area contributed by atoms with Gasteiger partial charge in [-0.25, -0.2) is 8.42 Å². The fourth-order valence-corrected chi connectivity index (χ4v) is 6.51. The lowest BCUT2D eigenvalue weighted by Crippen LogP contribution is -2.50. The van der Waals surface area contributed by atoms with Crippen molar-refractivity contribution in [1.29, 1.82) is 0 Å². The van der Waals surface area contributed by atoms with Crippen molar-refractivity contribution in [3.63, 3.8) is 0 Å². The number of hydrogen-bond acceptors (Lipinski definition) is 5. The van der Waals surface area contributed by atoms with E-state index in [4.69, 9.17) is 0 Å². The van der Waals surface area contributed by atoms with E-state index in [1.54, 1.807) is 4.90 Å². The lowest BCUT2D eigenvalue weighted by Gasteiger charge is -2.34. The summed E-state index contributed by atoms with van der Waals surface area (Å²) in [4.78, 5) is 25.3. The van der Waals surface area contributed by atoms with Gasteiger partial charge in [0.05, 0.1) is 15.4 Å². The van der Waals surface area contributed by atoms with Crippen LogP contribution < -0.4 is 0 Å². The van der Waals surface area contributed by atoms with E-state index in [1.165, 1.54) is 47.8 Å². The number of carbonyl (C=O) groups excluding carboxylic acids is 1. The molecular formula is C23H30N4O5S. The van der Waals surface area contributed by atoms with E-state index in [-0.39, 0.29) is 29.6 Å². The van der Waals surface area contributed by atoms with Crippen LogP contribution in [0.1, 0.15) is 59.9 Å². The van der Waals surface area contributed by atoms with Gasteiger partial charge in [-0.2, -0.15) is 4.31 Å². The highest BCUT2D eigenvalue weighted by Crippen LogP contribution is 2.32. The number of sulfonamides is 1. The molecule has 2 fully saturated rings. The summed E-state index contributed by atoms with van der Waals surface area (Å²) in [6.45, 7) is 5.03. The third-order valence-corrected chi connectivity index (χ3v) is 8.78. The van der Waals surface area contributed by atoms with Crippen molar-refractivity contribution in [1.82, 2.24) is 13.8 Å². The van der Waals surface area contributed by atoms with E-state index < -0.39 is 14.9 Å². The molecule has 1 aromatic carbocycles. The second kappa shape index (κ2) is 9.26. The molecule has 1 aliphatic carbocycles. The molecule has 2 heterocycles. The van der Waals surface area contributed by atoms with Crippen LogP contribution in [0.25, 0.3) is 0 Å². The van der Waals surface area contributed by atoms with Crippen molar-refractivity contribution in [3.8, 4) is 0 Å². The SMILES string of the molecule is Cc1cc(C(=O)N2CCN(S(=O)(=O)c3ccc([N+](=O)[O-])cc3)CC2)c(C)n1C1CCCCC1. The second-order valence-corrected chi connectivity index (χ2v) is 10.8. The Kier molecular flexibility index (Phi) is 6.58. The molecule has 1 amide bonds. The minimum Gasteiger partial charge on any atom is -0.345 e. The van der Waals surface area contributed by atoms with Crippen molar-refractivity contribution in [2.45, 2.75) is 56.9 Å². The molecule has 0 N–H and O–H groups in total. The van der Waals surface area contributed by atoms with Gasteiger partial charge in [-0.15, -0.1) is 0 Å². The number of rotatable bonds is 5. The minimum atomic E-state index is -3.77. The molecule has 1 saturated carbocycles. The van der Waals surface area contributed by atoms with Gasteiger partial charge in [-0.05, 0) is 44.9 Å². The predicted octanol–water partition coefficient (Wildman–Crippen LogP) is 3.67. The van der Waals surface area contributed by atoms with Crippen molar-refractivity contribution >= 4 is 21.6 Å². The number of benzene rings is 1. The molecule has 1 saturated heterocycles. The molecule has 0 radical (unpaired) electrons. The fourth-order valence-electron chi connectivity index (χ4n) is 5.09. The van der Waals surface area contributed by atoms with Crippen molar-refractivity contribution in [3.05, 3.63) is 57.4 Å². The Morgan fingerprint density at radius 1 is 1.00 bits per heavy atom. The standard InChI is InChI=1S/C23H30N4O5S/c1-17-16-22(18(2)26(17)19-6-4-3-5-7-19)23(28)24-12-14-25(15-13-24)33(31,32)21-10-8-20(9-11-21)27(29)30/h8-11,16,19H,3-7,12-15H2,1-2H3. The molecule has 1 aliphatic heterocycles. The molecule has 4 rings (SSSR count). The smallest absolute Gasteiger partial charge is 0.269 e. The lowest BCUT2D eigenvalue weighted by molar-refractivity contribution is -0.384. The summed E-state index contributed by atoms with van der Waals surface area (Å²) >= 11 is 0. The number of hydrogen-bond donors (Lipinski definition) is 0. The van der Waals surface area contributed by atoms with Gasteiger partial charge in [-0.3, -0.25) is 14.9 Å². The maximum absolute atomic E-state index is 13.3. The Hall–Kier alpha value is -2.72. The first kappa shape index (κ1) is 23.4. The van der Waals surface area contributed by atoms with E-state index in [0.29, 0.717) is 24.7 Å². The van der Waals surface area contributed by atoms with Gasteiger partial charge < -0.3 is 9.47 Å². The second-order valence-electron chi connectivity index (χ2n) is 8.89. The Morgan fingerprint density at radius 3 is 2.18 bits per heavy atom. The molecule has 9 nitrogen and oxygen atoms in total. The highest BCUT2D eigenvalue weighted by molar-refractivity contribution is 7.89. The normalized spacial score (nSPS) is 18.4. The summed E-state index contributed by atoms with van der Waals surface area (Å²) < 4.78 is 29.5. The minimum absolute atomic E-state index is 0.0175. The van der Waals surface area contributed by atoms with Gasteiger partial charge in [0.15, 0.2) is 0 Å². The fraction of sp³-hybridized carbons (Fsp3) is 0.522. The zero-order valence-electron chi connectivity index (χ0n) is 19.1. The van der Waals surface area contributed by atoms with Crippen LogP contribution in [0, 0.1) is 24.0 Å².